The van der Waals surface area contributed by atoms with Crippen molar-refractivity contribution in [1.82, 2.24) is 0 Å². The minimum Gasteiger partial charge on any atom is -0.469 e. The third-order valence-electron chi connectivity index (χ3n) is 2.57. The van der Waals surface area contributed by atoms with Gasteiger partial charge in [0.2, 0.25) is 0 Å². The van der Waals surface area contributed by atoms with Crippen LogP contribution in [0.3, 0.4) is 0 Å². The van der Waals surface area contributed by atoms with Gasteiger partial charge in [0.1, 0.15) is 5.82 Å². The summed E-state index contributed by atoms with van der Waals surface area (Å²) in [5.41, 5.74) is 6.13. The van der Waals surface area contributed by atoms with Crippen molar-refractivity contribution >= 4 is 15.8 Å². The summed E-state index contributed by atoms with van der Waals surface area (Å²) in [6.45, 7) is 0.204. The lowest BCUT2D eigenvalue weighted by molar-refractivity contribution is -0.140. The molecule has 0 atom stereocenters. The molecule has 7 heteroatoms. The van der Waals surface area contributed by atoms with Crippen LogP contribution in [0.4, 0.5) is 4.39 Å². The van der Waals surface area contributed by atoms with Crippen LogP contribution in [0.2, 0.25) is 0 Å². The number of benzene rings is 1. The maximum Gasteiger partial charge on any atom is 0.306 e. The molecule has 0 bridgehead atoms. The number of esters is 1. The molecule has 1 aromatic rings. The van der Waals surface area contributed by atoms with Crippen LogP contribution in [-0.2, 0) is 31.7 Å². The molecule has 19 heavy (non-hydrogen) atoms. The first-order valence-electron chi connectivity index (χ1n) is 5.62. The minimum atomic E-state index is -3.57. The number of sulfone groups is 1. The molecule has 0 heterocycles. The summed E-state index contributed by atoms with van der Waals surface area (Å²) in [4.78, 5) is 10.9. The first-order valence-corrected chi connectivity index (χ1v) is 7.44. The standard InChI is InChI=1S/C12H16FNO4S/c1-18-12(15)4-5-19(16,17)8-10-6-9(7-14)2-3-11(10)13/h2-3,6H,4-5,7-8,14H2,1H3. The van der Waals surface area contributed by atoms with Crippen molar-refractivity contribution in [3.05, 3.63) is 35.1 Å². The van der Waals surface area contributed by atoms with Gasteiger partial charge in [-0.05, 0) is 11.6 Å². The fourth-order valence-corrected chi connectivity index (χ4v) is 2.83. The van der Waals surface area contributed by atoms with E-state index >= 15 is 0 Å². The molecule has 1 rings (SSSR count). The second-order valence-electron chi connectivity index (χ2n) is 4.05. The first-order chi connectivity index (χ1) is 8.88. The Kier molecular flexibility index (Phi) is 5.44. The van der Waals surface area contributed by atoms with Crippen molar-refractivity contribution in [3.8, 4) is 0 Å². The zero-order valence-corrected chi connectivity index (χ0v) is 11.4. The third kappa shape index (κ3) is 4.96. The lowest BCUT2D eigenvalue weighted by atomic mass is 10.1. The summed E-state index contributed by atoms with van der Waals surface area (Å²) in [6, 6.07) is 4.11. The minimum absolute atomic E-state index is 0.0628. The van der Waals surface area contributed by atoms with Crippen LogP contribution in [0.25, 0.3) is 0 Å². The van der Waals surface area contributed by atoms with Crippen LogP contribution < -0.4 is 5.73 Å². The van der Waals surface area contributed by atoms with Gasteiger partial charge in [-0.1, -0.05) is 12.1 Å². The largest absolute Gasteiger partial charge is 0.469 e. The third-order valence-corrected chi connectivity index (χ3v) is 4.14. The fraction of sp³-hybridized carbons (Fsp3) is 0.417. The molecule has 5 nitrogen and oxygen atoms in total. The predicted molar refractivity (Wildman–Crippen MR) is 68.4 cm³/mol. The van der Waals surface area contributed by atoms with Crippen LogP contribution in [0.5, 0.6) is 0 Å². The lowest BCUT2D eigenvalue weighted by Crippen LogP contribution is -2.15. The van der Waals surface area contributed by atoms with E-state index in [9.17, 15) is 17.6 Å². The maximum absolute atomic E-state index is 13.5. The molecule has 0 aromatic heterocycles. The van der Waals surface area contributed by atoms with Gasteiger partial charge in [-0.15, -0.1) is 0 Å². The van der Waals surface area contributed by atoms with Gasteiger partial charge in [-0.25, -0.2) is 12.8 Å². The molecule has 0 unspecified atom stereocenters. The van der Waals surface area contributed by atoms with E-state index in [-0.39, 0.29) is 24.3 Å². The Bertz CT molecular complexity index is 557. The number of ether oxygens (including phenoxy) is 1. The molecule has 2 N–H and O–H groups in total. The van der Waals surface area contributed by atoms with E-state index in [0.29, 0.717) is 5.56 Å². The van der Waals surface area contributed by atoms with E-state index in [1.54, 1.807) is 0 Å². The maximum atomic E-state index is 13.5. The number of hydrogen-bond donors (Lipinski definition) is 1. The molecule has 1 aromatic carbocycles. The van der Waals surface area contributed by atoms with Crippen LogP contribution in [0.1, 0.15) is 17.5 Å². The van der Waals surface area contributed by atoms with Gasteiger partial charge in [0.05, 0.1) is 25.0 Å². The molecule has 0 amide bonds. The normalized spacial score (nSPS) is 11.3. The van der Waals surface area contributed by atoms with Crippen molar-refractivity contribution in [2.24, 2.45) is 5.73 Å². The van der Waals surface area contributed by atoms with Crippen LogP contribution >= 0.6 is 0 Å². The lowest BCUT2D eigenvalue weighted by Gasteiger charge is -2.07. The van der Waals surface area contributed by atoms with Gasteiger partial charge in [-0.3, -0.25) is 4.79 Å². The number of methoxy groups -OCH3 is 1. The number of carbonyl (C=O) groups excluding carboxylic acids is 1. The SMILES string of the molecule is COC(=O)CCS(=O)(=O)Cc1cc(CN)ccc1F. The Morgan fingerprint density at radius 2 is 2.11 bits per heavy atom. The van der Waals surface area contributed by atoms with Gasteiger partial charge in [0, 0.05) is 12.1 Å². The molecule has 0 radical (unpaired) electrons. The number of hydrogen-bond acceptors (Lipinski definition) is 5. The molecule has 106 valence electrons. The van der Waals surface area contributed by atoms with E-state index in [1.165, 1.54) is 25.3 Å². The first kappa shape index (κ1) is 15.6. The van der Waals surface area contributed by atoms with Gasteiger partial charge < -0.3 is 10.5 Å². The molecule has 0 aliphatic rings. The number of halogens is 1. The Labute approximate surface area is 111 Å². The molecule has 0 saturated heterocycles. The highest BCUT2D eigenvalue weighted by Crippen LogP contribution is 2.14. The number of nitrogens with two attached hydrogens (primary N) is 1. The summed E-state index contributed by atoms with van der Waals surface area (Å²) < 4.78 is 41.4. The zero-order chi connectivity index (χ0) is 14.5. The highest BCUT2D eigenvalue weighted by molar-refractivity contribution is 7.90. The van der Waals surface area contributed by atoms with E-state index in [1.807, 2.05) is 0 Å². The smallest absolute Gasteiger partial charge is 0.306 e. The predicted octanol–water partition coefficient (Wildman–Crippen LogP) is 0.762. The molecular formula is C12H16FNO4S. The Balaban J connectivity index is 2.80. The van der Waals surface area contributed by atoms with Crippen molar-refractivity contribution in [3.63, 3.8) is 0 Å². The summed E-state index contributed by atoms with van der Waals surface area (Å²) in [7, 11) is -2.39. The highest BCUT2D eigenvalue weighted by Gasteiger charge is 2.17. The molecule has 0 spiro atoms. The highest BCUT2D eigenvalue weighted by atomic mass is 32.2. The van der Waals surface area contributed by atoms with Crippen LogP contribution in [-0.4, -0.2) is 27.2 Å². The van der Waals surface area contributed by atoms with Gasteiger partial charge in [0.25, 0.3) is 0 Å². The quantitative estimate of drug-likeness (QED) is 0.781. The molecular weight excluding hydrogens is 273 g/mol. The monoisotopic (exact) mass is 289 g/mol. The van der Waals surface area contributed by atoms with E-state index in [0.717, 1.165) is 0 Å². The second kappa shape index (κ2) is 6.63. The average molecular weight is 289 g/mol. The molecule has 0 fully saturated rings. The van der Waals surface area contributed by atoms with E-state index in [2.05, 4.69) is 4.74 Å². The van der Waals surface area contributed by atoms with Crippen LogP contribution in [0.15, 0.2) is 18.2 Å². The molecule has 0 aliphatic heterocycles. The summed E-state index contributed by atoms with van der Waals surface area (Å²) >= 11 is 0. The van der Waals surface area contributed by atoms with E-state index in [4.69, 9.17) is 5.73 Å². The number of carbonyl (C=O) groups is 1. The summed E-state index contributed by atoms with van der Waals surface area (Å²) in [5.74, 6) is -2.03. The Hall–Kier alpha value is -1.47. The van der Waals surface area contributed by atoms with Gasteiger partial charge in [0.15, 0.2) is 9.84 Å². The van der Waals surface area contributed by atoms with Crippen molar-refractivity contribution in [2.75, 3.05) is 12.9 Å². The number of rotatable bonds is 6. The summed E-state index contributed by atoms with van der Waals surface area (Å²) in [6.07, 6.45) is -0.239. The topological polar surface area (TPSA) is 86.5 Å². The Morgan fingerprint density at radius 3 is 2.68 bits per heavy atom. The second-order valence-corrected chi connectivity index (χ2v) is 6.23. The molecule has 0 aliphatic carbocycles. The average Bonchev–Trinajstić information content (AvgIpc) is 2.38. The Morgan fingerprint density at radius 1 is 1.42 bits per heavy atom. The molecule has 0 saturated carbocycles. The summed E-state index contributed by atoms with van der Waals surface area (Å²) in [5, 5.41) is 0. The van der Waals surface area contributed by atoms with Crippen LogP contribution in [0, 0.1) is 5.82 Å². The fourth-order valence-electron chi connectivity index (χ4n) is 1.52. The van der Waals surface area contributed by atoms with Crippen molar-refractivity contribution < 1.29 is 22.3 Å². The van der Waals surface area contributed by atoms with Gasteiger partial charge in [-0.2, -0.15) is 0 Å². The van der Waals surface area contributed by atoms with Crippen molar-refractivity contribution in [2.45, 2.75) is 18.7 Å². The van der Waals surface area contributed by atoms with Gasteiger partial charge >= 0.3 is 5.97 Å². The van der Waals surface area contributed by atoms with E-state index < -0.39 is 27.4 Å². The zero-order valence-electron chi connectivity index (χ0n) is 10.6. The van der Waals surface area contributed by atoms with Crippen molar-refractivity contribution in [1.29, 1.82) is 0 Å².